The van der Waals surface area contributed by atoms with Gasteiger partial charge in [0.1, 0.15) is 14.8 Å². The van der Waals surface area contributed by atoms with Crippen LogP contribution in [0.3, 0.4) is 0 Å². The lowest BCUT2D eigenvalue weighted by molar-refractivity contribution is 0.0740. The largest absolute Gasteiger partial charge is 0.422 e. The van der Waals surface area contributed by atoms with E-state index < -0.39 is 16.0 Å². The fraction of sp³-hybridized carbons (Fsp3) is 0. The van der Waals surface area contributed by atoms with E-state index in [0.717, 1.165) is 11.3 Å². The predicted octanol–water partition coefficient (Wildman–Crippen LogP) is 3.84. The SMILES string of the molecule is O=C(Oc1ccc(/C=N\S(=O)(=O)c2cccs2)cc1)c1cccs1. The van der Waals surface area contributed by atoms with Gasteiger partial charge in [0, 0.05) is 6.21 Å². The molecule has 0 aliphatic heterocycles. The molecule has 122 valence electrons. The van der Waals surface area contributed by atoms with Crippen LogP contribution >= 0.6 is 22.7 Å². The summed E-state index contributed by atoms with van der Waals surface area (Å²) in [5.41, 5.74) is 0.589. The molecule has 3 rings (SSSR count). The third-order valence-electron chi connectivity index (χ3n) is 2.90. The number of carbonyl (C=O) groups excluding carboxylic acids is 1. The number of nitrogens with zero attached hydrogens (tertiary/aromatic N) is 1. The lowest BCUT2D eigenvalue weighted by atomic mass is 10.2. The summed E-state index contributed by atoms with van der Waals surface area (Å²) >= 11 is 2.42. The van der Waals surface area contributed by atoms with Crippen molar-refractivity contribution in [3.63, 3.8) is 0 Å². The van der Waals surface area contributed by atoms with Crippen molar-refractivity contribution in [1.29, 1.82) is 0 Å². The molecule has 0 aliphatic rings. The number of sulfonamides is 1. The Labute approximate surface area is 146 Å². The van der Waals surface area contributed by atoms with Gasteiger partial charge in [-0.15, -0.1) is 22.7 Å². The Morgan fingerprint density at radius 3 is 2.33 bits per heavy atom. The van der Waals surface area contributed by atoms with Gasteiger partial charge in [0.05, 0.1) is 0 Å². The lowest BCUT2D eigenvalue weighted by Gasteiger charge is -2.02. The standard InChI is InChI=1S/C16H11NO4S3/c18-16(14-3-1-9-22-14)21-13-7-5-12(6-8-13)11-17-24(19,20)15-4-2-10-23-15/h1-11H/b17-11-. The minimum Gasteiger partial charge on any atom is -0.422 e. The molecule has 24 heavy (non-hydrogen) atoms. The monoisotopic (exact) mass is 377 g/mol. The molecule has 0 saturated heterocycles. The van der Waals surface area contributed by atoms with Gasteiger partial charge < -0.3 is 4.74 Å². The first-order valence-electron chi connectivity index (χ1n) is 6.74. The van der Waals surface area contributed by atoms with Gasteiger partial charge in [0.25, 0.3) is 10.0 Å². The summed E-state index contributed by atoms with van der Waals surface area (Å²) in [6.45, 7) is 0. The normalized spacial score (nSPS) is 11.7. The maximum absolute atomic E-state index is 12.0. The van der Waals surface area contributed by atoms with Gasteiger partial charge in [-0.25, -0.2) is 4.79 Å². The fourth-order valence-electron chi connectivity index (χ4n) is 1.77. The molecule has 0 aliphatic carbocycles. The van der Waals surface area contributed by atoms with Crippen molar-refractivity contribution in [2.24, 2.45) is 4.40 Å². The Balaban J connectivity index is 1.69. The van der Waals surface area contributed by atoms with Crippen molar-refractivity contribution in [1.82, 2.24) is 0 Å². The van der Waals surface area contributed by atoms with Gasteiger partial charge >= 0.3 is 5.97 Å². The molecule has 5 nitrogen and oxygen atoms in total. The summed E-state index contributed by atoms with van der Waals surface area (Å²) in [6, 6.07) is 13.1. The van der Waals surface area contributed by atoms with Crippen LogP contribution in [-0.4, -0.2) is 20.6 Å². The molecule has 2 heterocycles. The number of carbonyl (C=O) groups is 1. The van der Waals surface area contributed by atoms with Crippen molar-refractivity contribution in [3.8, 4) is 5.75 Å². The summed E-state index contributed by atoms with van der Waals surface area (Å²) < 4.78 is 33.0. The van der Waals surface area contributed by atoms with Gasteiger partial charge in [-0.05, 0) is 52.7 Å². The Morgan fingerprint density at radius 2 is 1.71 bits per heavy atom. The molecule has 2 aromatic heterocycles. The quantitative estimate of drug-likeness (QED) is 0.385. The first-order chi connectivity index (χ1) is 11.5. The molecule has 1 aromatic carbocycles. The van der Waals surface area contributed by atoms with Crippen LogP contribution in [0.4, 0.5) is 0 Å². The lowest BCUT2D eigenvalue weighted by Crippen LogP contribution is -2.06. The van der Waals surface area contributed by atoms with Gasteiger partial charge in [0.15, 0.2) is 0 Å². The van der Waals surface area contributed by atoms with E-state index >= 15 is 0 Å². The van der Waals surface area contributed by atoms with Crippen LogP contribution in [0.2, 0.25) is 0 Å². The zero-order chi connectivity index (χ0) is 17.0. The topological polar surface area (TPSA) is 72.8 Å². The Hall–Kier alpha value is -2.29. The van der Waals surface area contributed by atoms with Crippen molar-refractivity contribution in [2.75, 3.05) is 0 Å². The summed E-state index contributed by atoms with van der Waals surface area (Å²) in [4.78, 5) is 12.3. The molecule has 0 N–H and O–H groups in total. The van der Waals surface area contributed by atoms with Crippen molar-refractivity contribution >= 4 is 44.9 Å². The molecule has 0 saturated carbocycles. The van der Waals surface area contributed by atoms with Crippen LogP contribution in [0.5, 0.6) is 5.75 Å². The number of ether oxygens (including phenoxy) is 1. The average Bonchev–Trinajstić information content (AvgIpc) is 3.27. The number of hydrogen-bond donors (Lipinski definition) is 0. The molecule has 0 atom stereocenters. The molecule has 3 aromatic rings. The first kappa shape index (κ1) is 16.6. The van der Waals surface area contributed by atoms with Gasteiger partial charge in [0.2, 0.25) is 0 Å². The number of hydrogen-bond acceptors (Lipinski definition) is 6. The highest BCUT2D eigenvalue weighted by molar-refractivity contribution is 7.92. The smallest absolute Gasteiger partial charge is 0.353 e. The second-order valence-electron chi connectivity index (χ2n) is 4.58. The summed E-state index contributed by atoms with van der Waals surface area (Å²) in [5.74, 6) is -0.0432. The maximum atomic E-state index is 12.0. The van der Waals surface area contributed by atoms with Crippen LogP contribution in [-0.2, 0) is 10.0 Å². The summed E-state index contributed by atoms with van der Waals surface area (Å²) in [6.07, 6.45) is 1.26. The van der Waals surface area contributed by atoms with Crippen LogP contribution in [0, 0.1) is 0 Å². The van der Waals surface area contributed by atoms with Crippen LogP contribution in [0.25, 0.3) is 0 Å². The number of thiophene rings is 2. The maximum Gasteiger partial charge on any atom is 0.353 e. The van der Waals surface area contributed by atoms with Crippen molar-refractivity contribution in [2.45, 2.75) is 4.21 Å². The second kappa shape index (κ2) is 7.08. The molecular formula is C16H11NO4S3. The number of rotatable bonds is 5. The minimum atomic E-state index is -3.67. The van der Waals surface area contributed by atoms with Crippen molar-refractivity contribution < 1.29 is 17.9 Å². The molecule has 0 spiro atoms. The van der Waals surface area contributed by atoms with Gasteiger partial charge in [-0.2, -0.15) is 12.8 Å². The third-order valence-corrected chi connectivity index (χ3v) is 6.36. The van der Waals surface area contributed by atoms with E-state index in [1.54, 1.807) is 53.2 Å². The summed E-state index contributed by atoms with van der Waals surface area (Å²) in [7, 11) is -3.67. The molecular weight excluding hydrogens is 366 g/mol. The number of esters is 1. The van der Waals surface area contributed by atoms with E-state index in [1.807, 2.05) is 0 Å². The van der Waals surface area contributed by atoms with E-state index in [1.165, 1.54) is 23.6 Å². The molecule has 8 heteroatoms. The Kier molecular flexibility index (Phi) is 4.89. The van der Waals surface area contributed by atoms with Gasteiger partial charge in [-0.1, -0.05) is 12.1 Å². The van der Waals surface area contributed by atoms with E-state index in [0.29, 0.717) is 16.2 Å². The second-order valence-corrected chi connectivity index (χ2v) is 8.33. The van der Waals surface area contributed by atoms with Crippen molar-refractivity contribution in [3.05, 3.63) is 69.7 Å². The van der Waals surface area contributed by atoms with Crippen LogP contribution < -0.4 is 4.74 Å². The van der Waals surface area contributed by atoms with Gasteiger partial charge in [-0.3, -0.25) is 0 Å². The highest BCUT2D eigenvalue weighted by Gasteiger charge is 2.12. The Bertz CT molecular complexity index is 941. The average molecular weight is 377 g/mol. The zero-order valence-electron chi connectivity index (χ0n) is 12.2. The fourth-order valence-corrected chi connectivity index (χ4v) is 4.21. The van der Waals surface area contributed by atoms with E-state index in [4.69, 9.17) is 4.74 Å². The Morgan fingerprint density at radius 1 is 1.00 bits per heavy atom. The highest BCUT2D eigenvalue weighted by atomic mass is 32.2. The molecule has 0 amide bonds. The molecule has 0 fully saturated rings. The molecule has 0 unspecified atom stereocenters. The minimum absolute atomic E-state index is 0.195. The van der Waals surface area contributed by atoms with Crippen LogP contribution in [0.1, 0.15) is 15.2 Å². The highest BCUT2D eigenvalue weighted by Crippen LogP contribution is 2.19. The zero-order valence-corrected chi connectivity index (χ0v) is 14.6. The molecule has 0 bridgehead atoms. The van der Waals surface area contributed by atoms with E-state index in [-0.39, 0.29) is 4.21 Å². The van der Waals surface area contributed by atoms with E-state index in [9.17, 15) is 13.2 Å². The summed E-state index contributed by atoms with van der Waals surface area (Å²) in [5, 5.41) is 3.48. The van der Waals surface area contributed by atoms with E-state index in [2.05, 4.69) is 4.40 Å². The molecule has 0 radical (unpaired) electrons. The predicted molar refractivity (Wildman–Crippen MR) is 94.8 cm³/mol. The third kappa shape index (κ3) is 3.97. The first-order valence-corrected chi connectivity index (χ1v) is 9.94. The number of benzene rings is 1. The van der Waals surface area contributed by atoms with Crippen LogP contribution in [0.15, 0.2) is 67.9 Å².